The normalized spacial score (nSPS) is 36.5. The van der Waals surface area contributed by atoms with Crippen molar-refractivity contribution in [2.45, 2.75) is 25.4 Å². The maximum atomic E-state index is 12.2. The molecule has 3 fully saturated rings. The first-order chi connectivity index (χ1) is 7.84. The van der Waals surface area contributed by atoms with Crippen LogP contribution in [0.1, 0.15) is 19.3 Å². The van der Waals surface area contributed by atoms with Gasteiger partial charge in [-0.05, 0) is 44.2 Å². The second-order valence-electron chi connectivity index (χ2n) is 5.25. The summed E-state index contributed by atoms with van der Waals surface area (Å²) in [5, 5.41) is 3.42. The third kappa shape index (κ3) is 2.59. The van der Waals surface area contributed by atoms with Crippen LogP contribution in [0.25, 0.3) is 0 Å². The number of rotatable bonds is 1. The van der Waals surface area contributed by atoms with Gasteiger partial charge in [0.05, 0.1) is 0 Å². The van der Waals surface area contributed by atoms with Gasteiger partial charge in [-0.3, -0.25) is 4.79 Å². The maximum Gasteiger partial charge on any atom is 0.251 e. The highest BCUT2D eigenvalue weighted by Crippen LogP contribution is 2.27. The van der Waals surface area contributed by atoms with Gasteiger partial charge in [0.1, 0.15) is 6.10 Å². The Hall–Kier alpha value is -0.320. The molecule has 2 unspecified atom stereocenters. The van der Waals surface area contributed by atoms with E-state index in [9.17, 15) is 4.79 Å². The van der Waals surface area contributed by atoms with Crippen molar-refractivity contribution in [3.63, 3.8) is 0 Å². The van der Waals surface area contributed by atoms with E-state index in [1.165, 1.54) is 0 Å². The van der Waals surface area contributed by atoms with Crippen molar-refractivity contribution in [3.05, 3.63) is 0 Å². The van der Waals surface area contributed by atoms with Gasteiger partial charge < -0.3 is 15.0 Å². The van der Waals surface area contributed by atoms with Gasteiger partial charge >= 0.3 is 0 Å². The summed E-state index contributed by atoms with van der Waals surface area (Å²) in [6.07, 6.45) is 2.99. The zero-order valence-corrected chi connectivity index (χ0v) is 10.9. The zero-order chi connectivity index (χ0) is 11.0. The highest BCUT2D eigenvalue weighted by Gasteiger charge is 2.37. The molecule has 0 aliphatic carbocycles. The molecule has 0 aromatic rings. The van der Waals surface area contributed by atoms with Crippen LogP contribution in [0.5, 0.6) is 0 Å². The molecule has 0 radical (unpaired) electrons. The average Bonchev–Trinajstić information content (AvgIpc) is 2.98. The number of likely N-dealkylation sites (tertiary alicyclic amines) is 1. The largest absolute Gasteiger partial charge is 0.368 e. The van der Waals surface area contributed by atoms with Gasteiger partial charge in [-0.25, -0.2) is 0 Å². The van der Waals surface area contributed by atoms with Gasteiger partial charge in [0.15, 0.2) is 0 Å². The van der Waals surface area contributed by atoms with Crippen molar-refractivity contribution in [3.8, 4) is 0 Å². The lowest BCUT2D eigenvalue weighted by Gasteiger charge is -2.35. The lowest BCUT2D eigenvalue weighted by molar-refractivity contribution is -0.143. The predicted molar refractivity (Wildman–Crippen MR) is 67.3 cm³/mol. The van der Waals surface area contributed by atoms with E-state index < -0.39 is 0 Å². The molecule has 3 aliphatic heterocycles. The minimum atomic E-state index is -0.133. The molecule has 0 aromatic carbocycles. The summed E-state index contributed by atoms with van der Waals surface area (Å²) < 4.78 is 5.47. The smallest absolute Gasteiger partial charge is 0.251 e. The summed E-state index contributed by atoms with van der Waals surface area (Å²) in [6.45, 7) is 4.86. The van der Waals surface area contributed by atoms with Crippen molar-refractivity contribution in [2.24, 2.45) is 11.8 Å². The summed E-state index contributed by atoms with van der Waals surface area (Å²) in [7, 11) is 0. The number of nitrogens with one attached hydrogen (secondary N) is 1. The van der Waals surface area contributed by atoms with Gasteiger partial charge in [-0.2, -0.15) is 0 Å². The van der Waals surface area contributed by atoms with E-state index in [0.29, 0.717) is 5.92 Å². The molecule has 5 heteroatoms. The molecule has 0 spiro atoms. The Labute approximate surface area is 108 Å². The number of ether oxygens (including phenoxy) is 1. The fraction of sp³-hybridized carbons (Fsp3) is 0.917. The van der Waals surface area contributed by atoms with E-state index in [0.717, 1.165) is 58.0 Å². The minimum absolute atomic E-state index is 0. The number of piperidine rings is 1. The van der Waals surface area contributed by atoms with Gasteiger partial charge in [0.2, 0.25) is 0 Å². The lowest BCUT2D eigenvalue weighted by Crippen LogP contribution is -2.47. The molecular weight excluding hydrogens is 240 g/mol. The Morgan fingerprint density at radius 2 is 2.06 bits per heavy atom. The monoisotopic (exact) mass is 260 g/mol. The summed E-state index contributed by atoms with van der Waals surface area (Å²) in [6, 6.07) is 0. The zero-order valence-electron chi connectivity index (χ0n) is 10.1. The van der Waals surface area contributed by atoms with Gasteiger partial charge in [-0.1, -0.05) is 0 Å². The molecule has 1 amide bonds. The molecule has 0 saturated carbocycles. The van der Waals surface area contributed by atoms with E-state index in [1.807, 2.05) is 4.90 Å². The van der Waals surface area contributed by atoms with Crippen LogP contribution < -0.4 is 5.32 Å². The molecule has 0 bridgehead atoms. The number of halogens is 1. The van der Waals surface area contributed by atoms with Crippen molar-refractivity contribution in [1.82, 2.24) is 10.2 Å². The highest BCUT2D eigenvalue weighted by molar-refractivity contribution is 5.85. The van der Waals surface area contributed by atoms with Gasteiger partial charge in [-0.15, -0.1) is 12.4 Å². The minimum Gasteiger partial charge on any atom is -0.368 e. The van der Waals surface area contributed by atoms with Crippen LogP contribution in [-0.4, -0.2) is 49.7 Å². The quantitative estimate of drug-likeness (QED) is 0.753. The Morgan fingerprint density at radius 1 is 1.24 bits per heavy atom. The first kappa shape index (κ1) is 13.1. The van der Waals surface area contributed by atoms with Crippen LogP contribution in [-0.2, 0) is 9.53 Å². The predicted octanol–water partition coefficient (Wildman–Crippen LogP) is 0.655. The fourth-order valence-corrected chi connectivity index (χ4v) is 3.21. The highest BCUT2D eigenvalue weighted by atomic mass is 35.5. The number of hydrogen-bond donors (Lipinski definition) is 1. The number of fused-ring (bicyclic) bond motifs is 1. The van der Waals surface area contributed by atoms with Crippen LogP contribution in [0.4, 0.5) is 0 Å². The Kier molecular flexibility index (Phi) is 4.28. The molecule has 4 nitrogen and oxygen atoms in total. The fourth-order valence-electron chi connectivity index (χ4n) is 3.21. The Balaban J connectivity index is 0.00000108. The van der Waals surface area contributed by atoms with Crippen molar-refractivity contribution in [2.75, 3.05) is 32.8 Å². The lowest BCUT2D eigenvalue weighted by atomic mass is 9.88. The van der Waals surface area contributed by atoms with Crippen molar-refractivity contribution < 1.29 is 9.53 Å². The molecule has 3 atom stereocenters. The number of carbonyl (C=O) groups is 1. The Bertz CT molecular complexity index is 282. The standard InChI is InChI=1S/C12H20N2O2.ClH/c15-12(11-2-1-5-16-11)14-4-3-9-6-13-7-10(9)8-14;/h9-11,13H,1-8H2;1H/t9?,10?,11-;/m0./s1. The van der Waals surface area contributed by atoms with E-state index in [-0.39, 0.29) is 24.4 Å². The third-order valence-corrected chi connectivity index (χ3v) is 4.22. The molecule has 3 heterocycles. The molecule has 98 valence electrons. The first-order valence-corrected chi connectivity index (χ1v) is 6.45. The van der Waals surface area contributed by atoms with Crippen molar-refractivity contribution >= 4 is 18.3 Å². The molecule has 0 aromatic heterocycles. The van der Waals surface area contributed by atoms with Crippen LogP contribution in [0.3, 0.4) is 0 Å². The molecule has 3 saturated heterocycles. The van der Waals surface area contributed by atoms with E-state index >= 15 is 0 Å². The van der Waals surface area contributed by atoms with Gasteiger partial charge in [0, 0.05) is 19.7 Å². The molecule has 1 N–H and O–H groups in total. The van der Waals surface area contributed by atoms with Crippen LogP contribution in [0, 0.1) is 11.8 Å². The summed E-state index contributed by atoms with van der Waals surface area (Å²) >= 11 is 0. The van der Waals surface area contributed by atoms with Gasteiger partial charge in [0.25, 0.3) is 5.91 Å². The molecular formula is C12H21ClN2O2. The second kappa shape index (κ2) is 5.55. The Morgan fingerprint density at radius 3 is 2.82 bits per heavy atom. The van der Waals surface area contributed by atoms with E-state index in [1.54, 1.807) is 0 Å². The summed E-state index contributed by atoms with van der Waals surface area (Å²) in [4.78, 5) is 14.2. The number of nitrogens with zero attached hydrogens (tertiary/aromatic N) is 1. The van der Waals surface area contributed by atoms with E-state index in [4.69, 9.17) is 4.74 Å². The molecule has 17 heavy (non-hydrogen) atoms. The SMILES string of the molecule is Cl.O=C([C@@H]1CCCO1)N1CCC2CNCC2C1. The van der Waals surface area contributed by atoms with Crippen LogP contribution >= 0.6 is 12.4 Å². The molecule has 3 rings (SSSR count). The van der Waals surface area contributed by atoms with Crippen molar-refractivity contribution in [1.29, 1.82) is 0 Å². The number of carbonyl (C=O) groups excluding carboxylic acids is 1. The average molecular weight is 261 g/mol. The third-order valence-electron chi connectivity index (χ3n) is 4.22. The summed E-state index contributed by atoms with van der Waals surface area (Å²) in [5.41, 5.74) is 0. The topological polar surface area (TPSA) is 41.6 Å². The number of hydrogen-bond acceptors (Lipinski definition) is 3. The summed E-state index contributed by atoms with van der Waals surface area (Å²) in [5.74, 6) is 1.72. The first-order valence-electron chi connectivity index (χ1n) is 6.45. The number of amides is 1. The second-order valence-corrected chi connectivity index (χ2v) is 5.25. The maximum absolute atomic E-state index is 12.2. The molecule has 3 aliphatic rings. The van der Waals surface area contributed by atoms with Crippen LogP contribution in [0.15, 0.2) is 0 Å². The van der Waals surface area contributed by atoms with Crippen LogP contribution in [0.2, 0.25) is 0 Å². The van der Waals surface area contributed by atoms with E-state index in [2.05, 4.69) is 5.32 Å².